The van der Waals surface area contributed by atoms with E-state index in [0.717, 1.165) is 16.3 Å². The van der Waals surface area contributed by atoms with Crippen molar-refractivity contribution < 1.29 is 14.3 Å². The Balaban J connectivity index is 2.20. The molecule has 0 aliphatic carbocycles. The number of aromatic nitrogens is 1. The van der Waals surface area contributed by atoms with Crippen LogP contribution in [0.15, 0.2) is 29.6 Å². The summed E-state index contributed by atoms with van der Waals surface area (Å²) in [4.78, 5) is 27.5. The summed E-state index contributed by atoms with van der Waals surface area (Å²) in [5, 5.41) is 5.66. The summed E-state index contributed by atoms with van der Waals surface area (Å²) < 4.78 is 4.97. The smallest absolute Gasteiger partial charge is 0.338 e. The van der Waals surface area contributed by atoms with Crippen molar-refractivity contribution in [3.05, 3.63) is 40.9 Å². The average molecular weight is 332 g/mol. The molecule has 0 atom stereocenters. The third kappa shape index (κ3) is 4.16. The summed E-state index contributed by atoms with van der Waals surface area (Å²) in [5.74, 6) is -0.422. The lowest BCUT2D eigenvalue weighted by Gasteiger charge is -2.23. The first-order valence-corrected chi connectivity index (χ1v) is 8.23. The molecule has 6 heteroatoms. The molecule has 5 nitrogen and oxygen atoms in total. The number of ether oxygens (including phenoxy) is 1. The number of carbonyl (C=O) groups excluding carboxylic acids is 2. The fourth-order valence-corrected chi connectivity index (χ4v) is 3.15. The van der Waals surface area contributed by atoms with Crippen molar-refractivity contribution in [2.24, 2.45) is 0 Å². The van der Waals surface area contributed by atoms with Crippen LogP contribution in [0.2, 0.25) is 0 Å². The Morgan fingerprint density at radius 2 is 1.91 bits per heavy atom. The molecule has 1 amide bonds. The Hall–Kier alpha value is -2.21. The Bertz CT molecular complexity index is 705. The van der Waals surface area contributed by atoms with Crippen LogP contribution in [0.3, 0.4) is 0 Å². The molecule has 1 aromatic carbocycles. The predicted molar refractivity (Wildman–Crippen MR) is 90.3 cm³/mol. The van der Waals surface area contributed by atoms with Gasteiger partial charge in [-0.2, -0.15) is 0 Å². The highest BCUT2D eigenvalue weighted by molar-refractivity contribution is 7.13. The fourth-order valence-electron chi connectivity index (χ4n) is 2.16. The lowest BCUT2D eigenvalue weighted by molar-refractivity contribution is -0.120. The number of thiazole rings is 1. The van der Waals surface area contributed by atoms with E-state index < -0.39 is 5.54 Å². The van der Waals surface area contributed by atoms with Crippen LogP contribution in [0.4, 0.5) is 0 Å². The van der Waals surface area contributed by atoms with Gasteiger partial charge in [0.05, 0.1) is 23.4 Å². The Labute approximate surface area is 139 Å². The van der Waals surface area contributed by atoms with E-state index in [2.05, 4.69) is 10.3 Å². The molecule has 0 spiro atoms. The molecule has 2 aromatic rings. The number of hydrogen-bond donors (Lipinski definition) is 1. The summed E-state index contributed by atoms with van der Waals surface area (Å²) in [6.07, 6.45) is 0. The highest BCUT2D eigenvalue weighted by atomic mass is 32.1. The van der Waals surface area contributed by atoms with Crippen LogP contribution in [-0.2, 0) is 15.1 Å². The quantitative estimate of drug-likeness (QED) is 0.853. The predicted octanol–water partition coefficient (Wildman–Crippen LogP) is 3.36. The molecule has 23 heavy (non-hydrogen) atoms. The van der Waals surface area contributed by atoms with Gasteiger partial charge < -0.3 is 10.1 Å². The molecule has 0 aliphatic rings. The van der Waals surface area contributed by atoms with E-state index >= 15 is 0 Å². The van der Waals surface area contributed by atoms with Crippen molar-refractivity contribution in [1.82, 2.24) is 10.3 Å². The van der Waals surface area contributed by atoms with Gasteiger partial charge in [-0.25, -0.2) is 9.78 Å². The number of esters is 1. The van der Waals surface area contributed by atoms with E-state index in [-0.39, 0.29) is 11.9 Å². The van der Waals surface area contributed by atoms with E-state index in [1.165, 1.54) is 18.3 Å². The van der Waals surface area contributed by atoms with E-state index in [1.54, 1.807) is 19.1 Å². The number of nitrogens with zero attached hydrogens (tertiary/aromatic N) is 1. The highest BCUT2D eigenvalue weighted by Gasteiger charge is 2.24. The summed E-state index contributed by atoms with van der Waals surface area (Å²) >= 11 is 1.50. The zero-order valence-electron chi connectivity index (χ0n) is 13.7. The van der Waals surface area contributed by atoms with Crippen LogP contribution in [0.1, 0.15) is 43.7 Å². The van der Waals surface area contributed by atoms with Gasteiger partial charge in [0.25, 0.3) is 0 Å². The largest absolute Gasteiger partial charge is 0.462 e. The number of nitrogens with one attached hydrogen (secondary N) is 1. The number of benzene rings is 1. The molecule has 0 aliphatic heterocycles. The van der Waals surface area contributed by atoms with Gasteiger partial charge in [0.15, 0.2) is 0 Å². The third-order valence-corrected chi connectivity index (χ3v) is 4.17. The maximum atomic E-state index is 11.7. The first-order valence-electron chi connectivity index (χ1n) is 7.36. The van der Waals surface area contributed by atoms with E-state index in [1.807, 2.05) is 31.4 Å². The van der Waals surface area contributed by atoms with Crippen LogP contribution in [-0.4, -0.2) is 23.5 Å². The van der Waals surface area contributed by atoms with Crippen LogP contribution < -0.4 is 5.32 Å². The fraction of sp³-hybridized carbons (Fsp3) is 0.353. The number of carbonyl (C=O) groups is 2. The summed E-state index contributed by atoms with van der Waals surface area (Å²) in [6, 6.07) is 7.15. The first-order chi connectivity index (χ1) is 10.8. The number of amides is 1. The minimum atomic E-state index is -0.522. The molecule has 122 valence electrons. The molecule has 0 fully saturated rings. The van der Waals surface area contributed by atoms with E-state index in [9.17, 15) is 9.59 Å². The second-order valence-electron chi connectivity index (χ2n) is 5.64. The van der Waals surface area contributed by atoms with Gasteiger partial charge in [0.2, 0.25) is 5.91 Å². The van der Waals surface area contributed by atoms with Crippen LogP contribution in [0.5, 0.6) is 0 Å². The minimum Gasteiger partial charge on any atom is -0.462 e. The molecular formula is C17H20N2O3S. The van der Waals surface area contributed by atoms with Crippen molar-refractivity contribution in [3.63, 3.8) is 0 Å². The maximum absolute atomic E-state index is 11.7. The van der Waals surface area contributed by atoms with Crippen molar-refractivity contribution in [1.29, 1.82) is 0 Å². The molecule has 0 saturated carbocycles. The van der Waals surface area contributed by atoms with Crippen molar-refractivity contribution >= 4 is 23.2 Å². The molecule has 1 heterocycles. The van der Waals surface area contributed by atoms with Crippen molar-refractivity contribution in [2.45, 2.75) is 33.2 Å². The second-order valence-corrected chi connectivity index (χ2v) is 6.50. The molecule has 2 rings (SSSR count). The van der Waals surface area contributed by atoms with Gasteiger partial charge in [-0.15, -0.1) is 11.3 Å². The van der Waals surface area contributed by atoms with Gasteiger partial charge in [0.1, 0.15) is 5.01 Å². The molecule has 0 radical (unpaired) electrons. The zero-order valence-corrected chi connectivity index (χ0v) is 14.5. The summed E-state index contributed by atoms with van der Waals surface area (Å²) in [6.45, 7) is 7.45. The Morgan fingerprint density at radius 1 is 1.26 bits per heavy atom. The highest BCUT2D eigenvalue weighted by Crippen LogP contribution is 2.29. The van der Waals surface area contributed by atoms with E-state index in [0.29, 0.717) is 12.2 Å². The maximum Gasteiger partial charge on any atom is 0.338 e. The molecule has 1 aromatic heterocycles. The van der Waals surface area contributed by atoms with Crippen molar-refractivity contribution in [3.8, 4) is 10.6 Å². The lowest BCUT2D eigenvalue weighted by Crippen LogP contribution is -2.39. The molecular weight excluding hydrogens is 312 g/mol. The third-order valence-electron chi connectivity index (χ3n) is 3.28. The van der Waals surface area contributed by atoms with Gasteiger partial charge >= 0.3 is 5.97 Å². The van der Waals surface area contributed by atoms with Gasteiger partial charge in [-0.3, -0.25) is 4.79 Å². The van der Waals surface area contributed by atoms with Crippen LogP contribution >= 0.6 is 11.3 Å². The molecule has 0 bridgehead atoms. The summed E-state index contributed by atoms with van der Waals surface area (Å²) in [5.41, 5.74) is 1.73. The first kappa shape index (κ1) is 17.1. The zero-order chi connectivity index (χ0) is 17.0. The second kappa shape index (κ2) is 6.91. The van der Waals surface area contributed by atoms with Gasteiger partial charge in [0, 0.05) is 17.9 Å². The van der Waals surface area contributed by atoms with Crippen LogP contribution in [0.25, 0.3) is 10.6 Å². The Morgan fingerprint density at radius 3 is 2.48 bits per heavy atom. The topological polar surface area (TPSA) is 68.3 Å². The van der Waals surface area contributed by atoms with Crippen molar-refractivity contribution in [2.75, 3.05) is 6.61 Å². The summed E-state index contributed by atoms with van der Waals surface area (Å²) in [7, 11) is 0. The number of rotatable bonds is 5. The average Bonchev–Trinajstić information content (AvgIpc) is 2.97. The minimum absolute atomic E-state index is 0.0941. The standard InChI is InChI=1S/C17H20N2O3S/c1-5-22-16(21)13-8-6-12(7-9-13)15-18-14(10-23-15)17(3,4)19-11(2)20/h6-10H,5H2,1-4H3,(H,19,20). The lowest BCUT2D eigenvalue weighted by atomic mass is 10.0. The molecule has 0 unspecified atom stereocenters. The van der Waals surface area contributed by atoms with Gasteiger partial charge in [-0.1, -0.05) is 12.1 Å². The SMILES string of the molecule is CCOC(=O)c1ccc(-c2nc(C(C)(C)NC(C)=O)cs2)cc1. The molecule has 0 saturated heterocycles. The van der Waals surface area contributed by atoms with Gasteiger partial charge in [-0.05, 0) is 32.9 Å². The normalized spacial score (nSPS) is 11.1. The molecule has 1 N–H and O–H groups in total. The monoisotopic (exact) mass is 332 g/mol. The Kier molecular flexibility index (Phi) is 5.15. The van der Waals surface area contributed by atoms with Crippen LogP contribution in [0, 0.1) is 0 Å². The number of hydrogen-bond acceptors (Lipinski definition) is 5. The van der Waals surface area contributed by atoms with E-state index in [4.69, 9.17) is 4.74 Å².